The maximum absolute atomic E-state index is 12.6. The molecule has 0 saturated carbocycles. The van der Waals surface area contributed by atoms with Gasteiger partial charge >= 0.3 is 0 Å². The molecular formula is C43H87NO6S. The van der Waals surface area contributed by atoms with Gasteiger partial charge in [-0.25, -0.2) is 0 Å². The van der Waals surface area contributed by atoms with Crippen LogP contribution >= 0.6 is 0 Å². The van der Waals surface area contributed by atoms with Crippen molar-refractivity contribution in [2.75, 3.05) is 5.75 Å². The number of amides is 1. The summed E-state index contributed by atoms with van der Waals surface area (Å²) in [6.07, 6.45) is 41.2. The van der Waals surface area contributed by atoms with Gasteiger partial charge in [0.25, 0.3) is 10.1 Å². The summed E-state index contributed by atoms with van der Waals surface area (Å²) in [6.45, 7) is 4.53. The van der Waals surface area contributed by atoms with Crippen LogP contribution in [0.4, 0.5) is 0 Å². The van der Waals surface area contributed by atoms with E-state index in [0.29, 0.717) is 12.8 Å². The highest BCUT2D eigenvalue weighted by molar-refractivity contribution is 7.85. The number of carbonyl (C=O) groups is 1. The van der Waals surface area contributed by atoms with E-state index in [1.807, 2.05) is 0 Å². The van der Waals surface area contributed by atoms with Crippen LogP contribution in [0.1, 0.15) is 245 Å². The average Bonchev–Trinajstić information content (AvgIpc) is 3.09. The Bertz CT molecular complexity index is 838. The molecule has 0 rings (SSSR count). The third-order valence-electron chi connectivity index (χ3n) is 10.7. The third kappa shape index (κ3) is 37.4. The molecule has 306 valence electrons. The Morgan fingerprint density at radius 2 is 0.706 bits per heavy atom. The summed E-state index contributed by atoms with van der Waals surface area (Å²) in [7, 11) is -4.40. The maximum atomic E-state index is 12.6. The van der Waals surface area contributed by atoms with Gasteiger partial charge in [-0.1, -0.05) is 232 Å². The second-order valence-electron chi connectivity index (χ2n) is 15.8. The van der Waals surface area contributed by atoms with Crippen molar-refractivity contribution in [2.45, 2.75) is 263 Å². The lowest BCUT2D eigenvalue weighted by molar-refractivity contribution is -0.131. The Kier molecular flexibility index (Phi) is 37.1. The fourth-order valence-corrected chi connectivity index (χ4v) is 7.99. The number of hydrogen-bond acceptors (Lipinski definition) is 5. The molecule has 0 heterocycles. The number of unbranched alkanes of at least 4 members (excludes halogenated alkanes) is 32. The lowest BCUT2D eigenvalue weighted by Gasteiger charge is -2.24. The zero-order chi connectivity index (χ0) is 37.7. The van der Waals surface area contributed by atoms with Crippen LogP contribution in [0, 0.1) is 0 Å². The number of carbonyl (C=O) groups excluding carboxylic acids is 1. The van der Waals surface area contributed by atoms with Crippen molar-refractivity contribution in [2.24, 2.45) is 0 Å². The van der Waals surface area contributed by atoms with Gasteiger partial charge in [0, 0.05) is 0 Å². The van der Waals surface area contributed by atoms with Crippen molar-refractivity contribution in [1.29, 1.82) is 0 Å². The summed E-state index contributed by atoms with van der Waals surface area (Å²) in [6, 6.07) is -1.14. The van der Waals surface area contributed by atoms with E-state index in [-0.39, 0.29) is 0 Å². The summed E-state index contributed by atoms with van der Waals surface area (Å²) in [5.74, 6) is -1.44. The first kappa shape index (κ1) is 50.3. The van der Waals surface area contributed by atoms with Gasteiger partial charge in [0.05, 0.1) is 17.9 Å². The fraction of sp³-hybridized carbons (Fsp3) is 0.977. The van der Waals surface area contributed by atoms with E-state index in [2.05, 4.69) is 19.2 Å². The van der Waals surface area contributed by atoms with Crippen LogP contribution in [0.15, 0.2) is 0 Å². The van der Waals surface area contributed by atoms with Crippen LogP contribution in [0.25, 0.3) is 0 Å². The molecule has 7 nitrogen and oxygen atoms in total. The predicted octanol–water partition coefficient (Wildman–Crippen LogP) is 12.2. The van der Waals surface area contributed by atoms with Gasteiger partial charge < -0.3 is 15.5 Å². The van der Waals surface area contributed by atoms with Gasteiger partial charge in [0.1, 0.15) is 6.10 Å². The first-order valence-electron chi connectivity index (χ1n) is 22.3. The van der Waals surface area contributed by atoms with Crippen molar-refractivity contribution >= 4 is 16.0 Å². The first-order valence-corrected chi connectivity index (χ1v) is 23.9. The number of hydrogen-bond donors (Lipinski definition) is 4. The van der Waals surface area contributed by atoms with Crippen LogP contribution in [-0.2, 0) is 14.9 Å². The molecule has 0 fully saturated rings. The minimum absolute atomic E-state index is 0.304. The van der Waals surface area contributed by atoms with Crippen molar-refractivity contribution in [3.8, 4) is 0 Å². The van der Waals surface area contributed by atoms with E-state index in [9.17, 15) is 28.0 Å². The van der Waals surface area contributed by atoms with E-state index in [1.165, 1.54) is 173 Å². The summed E-state index contributed by atoms with van der Waals surface area (Å²) in [4.78, 5) is 12.6. The molecule has 3 unspecified atom stereocenters. The summed E-state index contributed by atoms with van der Waals surface area (Å²) < 4.78 is 32.6. The van der Waals surface area contributed by atoms with Gasteiger partial charge in [0.2, 0.25) is 5.91 Å². The number of aliphatic hydroxyl groups excluding tert-OH is 2. The lowest BCUT2D eigenvalue weighted by atomic mass is 10.0. The topological polar surface area (TPSA) is 124 Å². The number of aliphatic hydroxyl groups is 2. The van der Waals surface area contributed by atoms with E-state index in [0.717, 1.165) is 44.9 Å². The predicted molar refractivity (Wildman–Crippen MR) is 218 cm³/mol. The maximum Gasteiger partial charge on any atom is 0.266 e. The molecule has 0 aliphatic carbocycles. The molecule has 0 radical (unpaired) electrons. The highest BCUT2D eigenvalue weighted by Crippen LogP contribution is 2.17. The Hall–Kier alpha value is -0.700. The number of rotatable bonds is 41. The second kappa shape index (κ2) is 37.6. The highest BCUT2D eigenvalue weighted by Gasteiger charge is 2.28. The fourth-order valence-electron chi connectivity index (χ4n) is 7.23. The molecule has 0 bridgehead atoms. The zero-order valence-electron chi connectivity index (χ0n) is 33.9. The molecule has 0 aromatic rings. The second-order valence-corrected chi connectivity index (χ2v) is 17.3. The number of nitrogens with one attached hydrogen (secondary N) is 1. The third-order valence-corrected chi connectivity index (χ3v) is 11.4. The van der Waals surface area contributed by atoms with E-state index in [1.54, 1.807) is 0 Å². The van der Waals surface area contributed by atoms with E-state index in [4.69, 9.17) is 0 Å². The van der Waals surface area contributed by atoms with Gasteiger partial charge in [-0.05, 0) is 12.8 Å². The molecule has 1 amide bonds. The Morgan fingerprint density at radius 3 is 0.980 bits per heavy atom. The molecule has 51 heavy (non-hydrogen) atoms. The van der Waals surface area contributed by atoms with E-state index < -0.39 is 40.0 Å². The molecule has 0 aromatic heterocycles. The molecule has 3 atom stereocenters. The first-order chi connectivity index (χ1) is 24.7. The van der Waals surface area contributed by atoms with Crippen LogP contribution in [0.3, 0.4) is 0 Å². The normalized spacial score (nSPS) is 13.7. The smallest absolute Gasteiger partial charge is 0.266 e. The van der Waals surface area contributed by atoms with Crippen LogP contribution < -0.4 is 5.32 Å². The Labute approximate surface area is 317 Å². The quantitative estimate of drug-likeness (QED) is 0.0365. The molecule has 4 N–H and O–H groups in total. The van der Waals surface area contributed by atoms with Crippen LogP contribution in [0.5, 0.6) is 0 Å². The van der Waals surface area contributed by atoms with Crippen LogP contribution in [0.2, 0.25) is 0 Å². The molecule has 0 aliphatic rings. The minimum Gasteiger partial charge on any atom is -0.391 e. The van der Waals surface area contributed by atoms with Crippen molar-refractivity contribution in [3.05, 3.63) is 0 Å². The molecule has 0 saturated heterocycles. The van der Waals surface area contributed by atoms with Gasteiger partial charge in [-0.15, -0.1) is 0 Å². The average molecular weight is 746 g/mol. The van der Waals surface area contributed by atoms with Gasteiger partial charge in [-0.3, -0.25) is 9.35 Å². The molecule has 0 aliphatic heterocycles. The molecule has 8 heteroatoms. The van der Waals surface area contributed by atoms with Gasteiger partial charge in [0.15, 0.2) is 0 Å². The Balaban J connectivity index is 3.89. The SMILES string of the molecule is CCCCCCCCCCCCCCCCCCCCCC(O)C(CS(=O)(=O)O)NC(=O)C(O)CCCCCCCCCCCCCCCCC. The molecular weight excluding hydrogens is 659 g/mol. The van der Waals surface area contributed by atoms with Gasteiger partial charge in [-0.2, -0.15) is 8.42 Å². The minimum atomic E-state index is -4.40. The van der Waals surface area contributed by atoms with Crippen molar-refractivity contribution in [1.82, 2.24) is 5.32 Å². The van der Waals surface area contributed by atoms with Crippen LogP contribution in [-0.4, -0.2) is 53.1 Å². The summed E-state index contributed by atoms with van der Waals surface area (Å²) >= 11 is 0. The summed E-state index contributed by atoms with van der Waals surface area (Å²) in [5, 5.41) is 23.6. The standard InChI is InChI=1S/C43H87NO6S/c1-3-5-7-9-11-13-15-17-19-20-21-22-24-25-27-29-31-33-35-37-41(45)40(39-51(48,49)50)44-43(47)42(46)38-36-34-32-30-28-26-23-18-16-14-12-10-8-6-4-2/h40-42,45-46H,3-39H2,1-2H3,(H,44,47)(H,48,49,50). The van der Waals surface area contributed by atoms with E-state index >= 15 is 0 Å². The van der Waals surface area contributed by atoms with Crippen molar-refractivity contribution < 1.29 is 28.0 Å². The molecule has 0 spiro atoms. The Morgan fingerprint density at radius 1 is 0.451 bits per heavy atom. The monoisotopic (exact) mass is 746 g/mol. The highest BCUT2D eigenvalue weighted by atomic mass is 32.2. The molecule has 0 aromatic carbocycles. The lowest BCUT2D eigenvalue weighted by Crippen LogP contribution is -2.50. The van der Waals surface area contributed by atoms with Crippen molar-refractivity contribution in [3.63, 3.8) is 0 Å². The zero-order valence-corrected chi connectivity index (χ0v) is 34.7. The summed E-state index contributed by atoms with van der Waals surface area (Å²) in [5.41, 5.74) is 0. The largest absolute Gasteiger partial charge is 0.391 e.